The molecule has 66 heavy (non-hydrogen) atoms. The van der Waals surface area contributed by atoms with Crippen molar-refractivity contribution in [3.8, 4) is 0 Å². The Bertz CT molecular complexity index is 1270. The summed E-state index contributed by atoms with van der Waals surface area (Å²) in [6.45, 7) is 24.7. The number of amides is 6. The molecule has 0 saturated heterocycles. The Morgan fingerprint density at radius 1 is 0.652 bits per heavy atom. The van der Waals surface area contributed by atoms with Gasteiger partial charge in [0.2, 0.25) is 23.6 Å². The topological polar surface area (TPSA) is 264 Å². The van der Waals surface area contributed by atoms with E-state index < -0.39 is 29.9 Å². The van der Waals surface area contributed by atoms with Crippen LogP contribution in [0.1, 0.15) is 113 Å². The zero-order valence-electron chi connectivity index (χ0n) is 43.1. The Hall–Kier alpha value is -4.40. The number of likely N-dealkylation sites (N-methyl/N-ethyl adjacent to an activating group) is 1. The lowest BCUT2D eigenvalue weighted by Crippen LogP contribution is -2.54. The molecule has 0 aliphatic rings. The van der Waals surface area contributed by atoms with Crippen LogP contribution in [-0.4, -0.2) is 153 Å². The molecular weight excluding hydrogens is 853 g/mol. The minimum atomic E-state index is -0.956. The second-order valence-electron chi connectivity index (χ2n) is 13.7. The number of carbonyl (C=O) groups is 6. The van der Waals surface area contributed by atoms with Crippen molar-refractivity contribution in [2.24, 2.45) is 17.4 Å². The minimum absolute atomic E-state index is 0.0199. The van der Waals surface area contributed by atoms with Gasteiger partial charge in [-0.3, -0.25) is 24.0 Å². The molecule has 0 heterocycles. The number of primary amides is 2. The number of ether oxygens (including phenoxy) is 5. The summed E-state index contributed by atoms with van der Waals surface area (Å²) >= 11 is 0. The highest BCUT2D eigenvalue weighted by molar-refractivity contribution is 5.91. The molecule has 19 heteroatoms. The maximum atomic E-state index is 12.8. The van der Waals surface area contributed by atoms with Crippen LogP contribution in [0, 0.1) is 5.92 Å². The number of carbonyl (C=O) groups excluding carboxylic acids is 6. The molecule has 0 fully saturated rings. The van der Waals surface area contributed by atoms with Crippen LogP contribution in [-0.2, 0) is 54.3 Å². The van der Waals surface area contributed by atoms with Gasteiger partial charge in [0.25, 0.3) is 6.47 Å². The first kappa shape index (κ1) is 70.6. The lowest BCUT2D eigenvalue weighted by atomic mass is 10.0. The predicted molar refractivity (Wildman–Crippen MR) is 264 cm³/mol. The van der Waals surface area contributed by atoms with Gasteiger partial charge in [-0.15, -0.1) is 0 Å². The molecule has 0 aliphatic heterocycles. The Kier molecular flexibility index (Phi) is 58.8. The van der Waals surface area contributed by atoms with Crippen LogP contribution in [0.15, 0.2) is 30.3 Å². The third kappa shape index (κ3) is 47.6. The van der Waals surface area contributed by atoms with Crippen molar-refractivity contribution in [3.05, 3.63) is 35.9 Å². The van der Waals surface area contributed by atoms with E-state index in [0.717, 1.165) is 31.4 Å². The van der Waals surface area contributed by atoms with Crippen LogP contribution in [0.25, 0.3) is 0 Å². The Morgan fingerprint density at radius 2 is 1.17 bits per heavy atom. The zero-order chi connectivity index (χ0) is 51.4. The first-order valence-electron chi connectivity index (χ1n) is 23.7. The fourth-order valence-corrected chi connectivity index (χ4v) is 5.03. The van der Waals surface area contributed by atoms with Gasteiger partial charge < -0.3 is 66.6 Å². The minimum Gasteiger partial charge on any atom is -0.463 e. The summed E-state index contributed by atoms with van der Waals surface area (Å²) in [7, 11) is 5.87. The summed E-state index contributed by atoms with van der Waals surface area (Å²) in [6.07, 6.45) is 3.44. The van der Waals surface area contributed by atoms with E-state index in [4.69, 9.17) is 30.4 Å². The maximum Gasteiger partial charge on any atom is 0.312 e. The third-order valence-electron chi connectivity index (χ3n) is 8.20. The lowest BCUT2D eigenvalue weighted by Gasteiger charge is -2.24. The SMILES string of the molecule is CC.CC.CC.CC.CNC(CCCCN(C)C)C(=O)NCCOCCOCCOCCOCCC(=O)NC(C(=O)NC(CCCNC(N)=O)C(N)=O)C(C)C.O=COCc1ccccc1. The van der Waals surface area contributed by atoms with Gasteiger partial charge in [0.1, 0.15) is 18.7 Å². The molecule has 0 spiro atoms. The summed E-state index contributed by atoms with van der Waals surface area (Å²) in [5.74, 6) is -1.90. The highest BCUT2D eigenvalue weighted by Crippen LogP contribution is 2.06. The number of nitrogens with two attached hydrogens (primary N) is 2. The molecule has 388 valence electrons. The van der Waals surface area contributed by atoms with E-state index in [2.05, 4.69) is 36.2 Å². The van der Waals surface area contributed by atoms with Crippen LogP contribution < -0.4 is 38.1 Å². The molecule has 6 amide bonds. The Morgan fingerprint density at radius 3 is 1.64 bits per heavy atom. The van der Waals surface area contributed by atoms with E-state index in [1.807, 2.05) is 99.8 Å². The molecule has 1 aromatic carbocycles. The lowest BCUT2D eigenvalue weighted by molar-refractivity contribution is -0.132. The second-order valence-corrected chi connectivity index (χ2v) is 13.7. The summed E-state index contributed by atoms with van der Waals surface area (Å²) in [4.78, 5) is 71.9. The molecule has 9 N–H and O–H groups in total. The van der Waals surface area contributed by atoms with Crippen molar-refractivity contribution >= 4 is 36.1 Å². The van der Waals surface area contributed by atoms with Crippen LogP contribution in [0.4, 0.5) is 4.79 Å². The average molecular weight is 947 g/mol. The Labute approximate surface area is 398 Å². The highest BCUT2D eigenvalue weighted by Gasteiger charge is 2.27. The smallest absolute Gasteiger partial charge is 0.312 e. The molecule has 1 aromatic rings. The number of unbranched alkanes of at least 4 members (excludes halogenated alkanes) is 1. The summed E-state index contributed by atoms with van der Waals surface area (Å²) < 4.78 is 26.4. The first-order chi connectivity index (χ1) is 31.8. The van der Waals surface area contributed by atoms with Gasteiger partial charge in [-0.05, 0) is 64.9 Å². The molecule has 0 radical (unpaired) electrons. The normalized spacial score (nSPS) is 11.3. The number of hydrogen-bond acceptors (Lipinski definition) is 13. The van der Waals surface area contributed by atoms with Crippen molar-refractivity contribution in [2.45, 2.75) is 132 Å². The summed E-state index contributed by atoms with van der Waals surface area (Å²) in [6, 6.07) is 6.83. The summed E-state index contributed by atoms with van der Waals surface area (Å²) in [5, 5.41) is 13.6. The molecule has 0 bridgehead atoms. The van der Waals surface area contributed by atoms with Crippen LogP contribution in [0.2, 0.25) is 0 Å². The van der Waals surface area contributed by atoms with Crippen molar-refractivity contribution in [1.29, 1.82) is 0 Å². The fourth-order valence-electron chi connectivity index (χ4n) is 5.03. The molecule has 0 aliphatic carbocycles. The molecule has 1 rings (SSSR count). The van der Waals surface area contributed by atoms with Gasteiger partial charge in [-0.25, -0.2) is 4.79 Å². The summed E-state index contributed by atoms with van der Waals surface area (Å²) in [5.41, 5.74) is 11.4. The van der Waals surface area contributed by atoms with E-state index in [1.54, 1.807) is 20.9 Å². The first-order valence-corrected chi connectivity index (χ1v) is 23.7. The number of urea groups is 1. The van der Waals surface area contributed by atoms with Crippen molar-refractivity contribution < 1.29 is 52.5 Å². The van der Waals surface area contributed by atoms with Gasteiger partial charge in [-0.1, -0.05) is 106 Å². The van der Waals surface area contributed by atoms with Crippen LogP contribution in [0.5, 0.6) is 0 Å². The van der Waals surface area contributed by atoms with Crippen molar-refractivity contribution in [1.82, 2.24) is 31.5 Å². The number of hydrogen-bond donors (Lipinski definition) is 7. The maximum absolute atomic E-state index is 12.8. The standard InChI is InChI=1S/C31H62N8O9.C8H8O2.4C2H6/c1-23(2)27(30(43)37-24(28(32)41)10-8-12-36-31(33)44)38-26(40)11-15-45-17-19-47-21-22-48-20-18-46-16-13-35-29(42)25(34-3)9-6-7-14-39(4)5;9-7-10-6-8-4-2-1-3-5-8;4*1-2/h23-25,27,34H,6-22H2,1-5H3,(H2,32,41)(H,35,42)(H,37,43)(H,38,40)(H3,33,36,44);1-5,7H,6H2;4*1-2H3. The molecule has 0 aromatic heterocycles. The molecule has 3 atom stereocenters. The van der Waals surface area contributed by atoms with E-state index in [-0.39, 0.29) is 56.4 Å². The average Bonchev–Trinajstić information content (AvgIpc) is 3.32. The molecule has 19 nitrogen and oxygen atoms in total. The molecular formula is C47H94N8O11. The van der Waals surface area contributed by atoms with E-state index in [9.17, 15) is 28.8 Å². The number of nitrogens with one attached hydrogen (secondary N) is 5. The van der Waals surface area contributed by atoms with Gasteiger partial charge >= 0.3 is 6.03 Å². The number of nitrogens with zero attached hydrogens (tertiary/aromatic N) is 1. The monoisotopic (exact) mass is 947 g/mol. The van der Waals surface area contributed by atoms with Gasteiger partial charge in [-0.2, -0.15) is 0 Å². The largest absolute Gasteiger partial charge is 0.463 e. The van der Waals surface area contributed by atoms with Crippen molar-refractivity contribution in [3.63, 3.8) is 0 Å². The van der Waals surface area contributed by atoms with Crippen LogP contribution in [0.3, 0.4) is 0 Å². The quantitative estimate of drug-likeness (QED) is 0.0383. The number of rotatable bonds is 34. The highest BCUT2D eigenvalue weighted by atomic mass is 16.6. The number of benzene rings is 1. The van der Waals surface area contributed by atoms with Gasteiger partial charge in [0.15, 0.2) is 0 Å². The van der Waals surface area contributed by atoms with Crippen molar-refractivity contribution in [2.75, 3.05) is 93.6 Å². The van der Waals surface area contributed by atoms with E-state index in [0.29, 0.717) is 65.7 Å². The third-order valence-corrected chi connectivity index (χ3v) is 8.20. The van der Waals surface area contributed by atoms with E-state index >= 15 is 0 Å². The second kappa shape index (κ2) is 54.9. The Balaban J connectivity index is -0.000000580. The zero-order valence-corrected chi connectivity index (χ0v) is 43.1. The van der Waals surface area contributed by atoms with E-state index in [1.165, 1.54) is 0 Å². The van der Waals surface area contributed by atoms with Crippen LogP contribution >= 0.6 is 0 Å². The van der Waals surface area contributed by atoms with Gasteiger partial charge in [0.05, 0.1) is 58.9 Å². The predicted octanol–water partition coefficient (Wildman–Crippen LogP) is 3.90. The molecule has 0 saturated carbocycles. The van der Waals surface area contributed by atoms with Gasteiger partial charge in [0, 0.05) is 19.5 Å². The molecule has 3 unspecified atom stereocenters. The fraction of sp³-hybridized carbons (Fsp3) is 0.745.